The van der Waals surface area contributed by atoms with Crippen molar-refractivity contribution in [2.75, 3.05) is 14.2 Å². The van der Waals surface area contributed by atoms with Crippen LogP contribution in [0.5, 0.6) is 5.75 Å². The Kier molecular flexibility index (Phi) is 6.11. The summed E-state index contributed by atoms with van der Waals surface area (Å²) in [4.78, 5) is 12.8. The lowest BCUT2D eigenvalue weighted by Crippen LogP contribution is -2.18. The molecular weight excluding hydrogens is 362 g/mol. The first-order chi connectivity index (χ1) is 13.0. The van der Waals surface area contributed by atoms with Gasteiger partial charge in [-0.05, 0) is 26.0 Å². The summed E-state index contributed by atoms with van der Waals surface area (Å²) in [7, 11) is 2.12. The van der Waals surface area contributed by atoms with Crippen molar-refractivity contribution in [3.05, 3.63) is 64.1 Å². The molecule has 1 N–H and O–H groups in total. The summed E-state index contributed by atoms with van der Waals surface area (Å²) in [6.45, 7) is 3.92. The van der Waals surface area contributed by atoms with E-state index < -0.39 is 10.8 Å². The number of ether oxygens (including phenoxy) is 2. The van der Waals surface area contributed by atoms with Crippen molar-refractivity contribution >= 4 is 10.8 Å². The number of nitrogens with one attached hydrogen (secondary N) is 1. The molecule has 2 aromatic rings. The quantitative estimate of drug-likeness (QED) is 0.788. The summed E-state index contributed by atoms with van der Waals surface area (Å²) in [6, 6.07) is 0. The minimum absolute atomic E-state index is 0.0737. The van der Waals surface area contributed by atoms with Gasteiger partial charge in [0.05, 0.1) is 42.2 Å². The monoisotopic (exact) mass is 387 g/mol. The number of pyridine rings is 1. The number of imidazole rings is 1. The number of allylic oxidation sites excluding steroid dienone is 4. The van der Waals surface area contributed by atoms with Crippen LogP contribution in [0.3, 0.4) is 0 Å². The summed E-state index contributed by atoms with van der Waals surface area (Å²) in [6.07, 6.45) is 10.5. The highest BCUT2D eigenvalue weighted by Crippen LogP contribution is 2.32. The van der Waals surface area contributed by atoms with Crippen LogP contribution in [0.1, 0.15) is 29.1 Å². The molecule has 2 atom stereocenters. The molecule has 2 heterocycles. The highest BCUT2D eigenvalue weighted by atomic mass is 32.2. The third kappa shape index (κ3) is 4.30. The summed E-state index contributed by atoms with van der Waals surface area (Å²) in [5.41, 5.74) is 2.72. The smallest absolute Gasteiger partial charge is 0.128 e. The van der Waals surface area contributed by atoms with Crippen molar-refractivity contribution in [2.45, 2.75) is 32.4 Å². The van der Waals surface area contributed by atoms with Gasteiger partial charge in [0.25, 0.3) is 0 Å². The lowest BCUT2D eigenvalue weighted by Gasteiger charge is -2.23. The first-order valence-corrected chi connectivity index (χ1v) is 10.2. The Morgan fingerprint density at radius 3 is 2.70 bits per heavy atom. The third-order valence-electron chi connectivity index (χ3n) is 4.82. The molecular formula is C20H25N3O3S. The fourth-order valence-corrected chi connectivity index (χ4v) is 4.84. The molecule has 144 valence electrons. The number of aromatic amines is 1. The Hall–Kier alpha value is -2.41. The van der Waals surface area contributed by atoms with Crippen molar-refractivity contribution < 1.29 is 13.7 Å². The molecule has 0 bridgehead atoms. The van der Waals surface area contributed by atoms with E-state index in [1.54, 1.807) is 32.8 Å². The zero-order valence-corrected chi connectivity index (χ0v) is 16.9. The van der Waals surface area contributed by atoms with Gasteiger partial charge in [0.2, 0.25) is 0 Å². The largest absolute Gasteiger partial charge is 0.501 e. The Balaban J connectivity index is 1.84. The van der Waals surface area contributed by atoms with Crippen LogP contribution in [-0.2, 0) is 27.7 Å². The summed E-state index contributed by atoms with van der Waals surface area (Å²) >= 11 is 0. The van der Waals surface area contributed by atoms with Crippen molar-refractivity contribution in [3.8, 4) is 5.75 Å². The van der Waals surface area contributed by atoms with Crippen LogP contribution in [0.15, 0.2) is 41.4 Å². The van der Waals surface area contributed by atoms with E-state index in [-0.39, 0.29) is 5.92 Å². The van der Waals surface area contributed by atoms with E-state index in [1.165, 1.54) is 0 Å². The van der Waals surface area contributed by atoms with Crippen LogP contribution in [0.4, 0.5) is 0 Å². The maximum Gasteiger partial charge on any atom is 0.128 e. The van der Waals surface area contributed by atoms with Gasteiger partial charge in [0, 0.05) is 53.4 Å². The maximum atomic E-state index is 13.2. The molecule has 1 aliphatic rings. The molecule has 0 spiro atoms. The second-order valence-electron chi connectivity index (χ2n) is 6.58. The van der Waals surface area contributed by atoms with Gasteiger partial charge in [-0.15, -0.1) is 0 Å². The third-order valence-corrected chi connectivity index (χ3v) is 6.35. The lowest BCUT2D eigenvalue weighted by atomic mass is 9.95. The fraction of sp³-hybridized carbons (Fsp3) is 0.400. The Morgan fingerprint density at radius 1 is 1.22 bits per heavy atom. The number of H-pyrrole nitrogens is 1. The lowest BCUT2D eigenvalue weighted by molar-refractivity contribution is 0.263. The van der Waals surface area contributed by atoms with E-state index in [2.05, 4.69) is 15.0 Å². The molecule has 1 aliphatic carbocycles. The molecule has 0 aromatic carbocycles. The molecule has 0 radical (unpaired) electrons. The number of hydrogen-bond donors (Lipinski definition) is 1. The predicted molar refractivity (Wildman–Crippen MR) is 106 cm³/mol. The van der Waals surface area contributed by atoms with Crippen LogP contribution in [0.2, 0.25) is 0 Å². The van der Waals surface area contributed by atoms with E-state index in [0.717, 1.165) is 39.1 Å². The number of aromatic nitrogens is 3. The number of aryl methyl sites for hydroxylation is 1. The SMILES string of the molecule is COC1=CC=C(S(=O)Cc2ncc(C)c(OC)c2C)C(Cc2ncc[nH]2)C1. The molecule has 2 aromatic heterocycles. The molecule has 2 unspecified atom stereocenters. The van der Waals surface area contributed by atoms with Crippen LogP contribution >= 0.6 is 0 Å². The second-order valence-corrected chi connectivity index (χ2v) is 8.03. The summed E-state index contributed by atoms with van der Waals surface area (Å²) < 4.78 is 24.1. The Labute approximate surface area is 162 Å². The van der Waals surface area contributed by atoms with Crippen LogP contribution in [-0.4, -0.2) is 33.4 Å². The maximum absolute atomic E-state index is 13.2. The zero-order chi connectivity index (χ0) is 19.4. The molecule has 27 heavy (non-hydrogen) atoms. The summed E-state index contributed by atoms with van der Waals surface area (Å²) in [5, 5.41) is 0. The van der Waals surface area contributed by atoms with Crippen LogP contribution < -0.4 is 4.74 Å². The van der Waals surface area contributed by atoms with E-state index in [0.29, 0.717) is 18.6 Å². The van der Waals surface area contributed by atoms with Gasteiger partial charge >= 0.3 is 0 Å². The van der Waals surface area contributed by atoms with Gasteiger partial charge < -0.3 is 14.5 Å². The Bertz CT molecular complexity index is 888. The van der Waals surface area contributed by atoms with Gasteiger partial charge in [-0.25, -0.2) is 4.98 Å². The molecule has 0 saturated heterocycles. The van der Waals surface area contributed by atoms with Crippen LogP contribution in [0.25, 0.3) is 0 Å². The van der Waals surface area contributed by atoms with Gasteiger partial charge in [-0.2, -0.15) is 0 Å². The highest BCUT2D eigenvalue weighted by molar-refractivity contribution is 7.88. The van der Waals surface area contributed by atoms with E-state index in [4.69, 9.17) is 9.47 Å². The molecule has 0 fully saturated rings. The van der Waals surface area contributed by atoms with E-state index in [9.17, 15) is 4.21 Å². The first-order valence-electron chi connectivity index (χ1n) is 8.84. The molecule has 0 amide bonds. The standard InChI is InChI=1S/C20H25N3O3S/c1-13-11-23-17(14(2)20(13)26-4)12-27(24)18-6-5-16(25-3)9-15(18)10-19-21-7-8-22-19/h5-8,11,15H,9-10,12H2,1-4H3,(H,21,22). The van der Waals surface area contributed by atoms with Gasteiger partial charge in [0.15, 0.2) is 0 Å². The second kappa shape index (κ2) is 8.52. The molecule has 0 saturated carbocycles. The minimum Gasteiger partial charge on any atom is -0.501 e. The number of hydrogen-bond acceptors (Lipinski definition) is 5. The van der Waals surface area contributed by atoms with Crippen molar-refractivity contribution in [3.63, 3.8) is 0 Å². The van der Waals surface area contributed by atoms with Crippen molar-refractivity contribution in [1.82, 2.24) is 15.0 Å². The number of nitrogens with zero attached hydrogens (tertiary/aromatic N) is 2. The fourth-order valence-electron chi connectivity index (χ4n) is 3.38. The molecule has 6 nitrogen and oxygen atoms in total. The molecule has 7 heteroatoms. The minimum atomic E-state index is -1.19. The first kappa shape index (κ1) is 19.4. The topological polar surface area (TPSA) is 77.1 Å². The van der Waals surface area contributed by atoms with Gasteiger partial charge in [-0.1, -0.05) is 0 Å². The summed E-state index contributed by atoms with van der Waals surface area (Å²) in [5.74, 6) is 3.01. The van der Waals surface area contributed by atoms with Crippen LogP contribution in [0, 0.1) is 19.8 Å². The Morgan fingerprint density at radius 2 is 2.04 bits per heavy atom. The average Bonchev–Trinajstić information content (AvgIpc) is 3.17. The highest BCUT2D eigenvalue weighted by Gasteiger charge is 2.26. The van der Waals surface area contributed by atoms with Crippen molar-refractivity contribution in [2.24, 2.45) is 5.92 Å². The average molecular weight is 388 g/mol. The number of rotatable bonds is 7. The van der Waals surface area contributed by atoms with Crippen molar-refractivity contribution in [1.29, 1.82) is 0 Å². The van der Waals surface area contributed by atoms with E-state index >= 15 is 0 Å². The normalized spacial score (nSPS) is 17.9. The van der Waals surface area contributed by atoms with E-state index in [1.807, 2.05) is 26.0 Å². The number of methoxy groups -OCH3 is 2. The predicted octanol–water partition coefficient (Wildman–Crippen LogP) is 3.36. The zero-order valence-electron chi connectivity index (χ0n) is 16.1. The van der Waals surface area contributed by atoms with Gasteiger partial charge in [0.1, 0.15) is 11.6 Å². The van der Waals surface area contributed by atoms with Gasteiger partial charge in [-0.3, -0.25) is 9.19 Å². The molecule has 0 aliphatic heterocycles. The molecule has 3 rings (SSSR count).